The van der Waals surface area contributed by atoms with Crippen LogP contribution in [0.5, 0.6) is 0 Å². The van der Waals surface area contributed by atoms with Gasteiger partial charge in [0, 0.05) is 6.04 Å². The van der Waals surface area contributed by atoms with Crippen LogP contribution in [0.25, 0.3) is 0 Å². The quantitative estimate of drug-likeness (QED) is 0.845. The lowest BCUT2D eigenvalue weighted by Crippen LogP contribution is -2.52. The summed E-state index contributed by atoms with van der Waals surface area (Å²) in [7, 11) is 0. The molecular formula is C16H21ClN2O. The highest BCUT2D eigenvalue weighted by atomic mass is 35.5. The molecule has 0 saturated heterocycles. The van der Waals surface area contributed by atoms with E-state index in [1.807, 2.05) is 0 Å². The van der Waals surface area contributed by atoms with Crippen molar-refractivity contribution in [2.24, 2.45) is 16.7 Å². The third kappa shape index (κ3) is 2.03. The van der Waals surface area contributed by atoms with Crippen molar-refractivity contribution in [3.63, 3.8) is 0 Å². The van der Waals surface area contributed by atoms with E-state index in [-0.39, 0.29) is 22.8 Å². The monoisotopic (exact) mass is 292 g/mol. The fourth-order valence-corrected chi connectivity index (χ4v) is 4.57. The van der Waals surface area contributed by atoms with Gasteiger partial charge in [0.25, 0.3) is 5.91 Å². The maximum absolute atomic E-state index is 12.4. The van der Waals surface area contributed by atoms with Crippen molar-refractivity contribution < 1.29 is 4.79 Å². The third-order valence-corrected chi connectivity index (χ3v) is 5.70. The lowest BCUT2D eigenvalue weighted by molar-refractivity contribution is 0.0733. The number of pyridine rings is 1. The van der Waals surface area contributed by atoms with Gasteiger partial charge in [-0.15, -0.1) is 0 Å². The molecule has 0 aromatic carbocycles. The van der Waals surface area contributed by atoms with Crippen LogP contribution in [0.4, 0.5) is 0 Å². The lowest BCUT2D eigenvalue weighted by Gasteiger charge is -2.43. The fraction of sp³-hybridized carbons (Fsp3) is 0.625. The smallest absolute Gasteiger partial charge is 0.270 e. The van der Waals surface area contributed by atoms with Crippen LogP contribution in [0.1, 0.15) is 50.5 Å². The summed E-state index contributed by atoms with van der Waals surface area (Å²) in [6.45, 7) is 6.86. The molecule has 1 amide bonds. The van der Waals surface area contributed by atoms with Crippen LogP contribution in [-0.2, 0) is 0 Å². The predicted molar refractivity (Wildman–Crippen MR) is 79.7 cm³/mol. The summed E-state index contributed by atoms with van der Waals surface area (Å²) in [6.07, 6.45) is 3.70. The van der Waals surface area contributed by atoms with E-state index in [9.17, 15) is 4.79 Å². The number of halogens is 1. The predicted octanol–water partition coefficient (Wildman–Crippen LogP) is 3.68. The summed E-state index contributed by atoms with van der Waals surface area (Å²) in [5.74, 6) is 0.601. The molecule has 1 aromatic heterocycles. The molecule has 20 heavy (non-hydrogen) atoms. The highest BCUT2D eigenvalue weighted by Crippen LogP contribution is 2.62. The van der Waals surface area contributed by atoms with Crippen molar-refractivity contribution in [1.29, 1.82) is 0 Å². The lowest BCUT2D eigenvalue weighted by atomic mass is 9.68. The normalized spacial score (nSPS) is 34.2. The number of carbonyl (C=O) groups excluding carboxylic acids is 1. The summed E-state index contributed by atoms with van der Waals surface area (Å²) in [6, 6.07) is 5.37. The molecule has 3 rings (SSSR count). The number of hydrogen-bond acceptors (Lipinski definition) is 2. The molecule has 1 aromatic rings. The average molecular weight is 293 g/mol. The highest BCUT2D eigenvalue weighted by Gasteiger charge is 2.59. The Kier molecular flexibility index (Phi) is 3.09. The molecule has 1 N–H and O–H groups in total. The molecule has 4 heteroatoms. The Morgan fingerprint density at radius 3 is 2.75 bits per heavy atom. The Labute approximate surface area is 125 Å². The summed E-state index contributed by atoms with van der Waals surface area (Å²) < 4.78 is 0. The second kappa shape index (κ2) is 4.45. The minimum Gasteiger partial charge on any atom is -0.347 e. The van der Waals surface area contributed by atoms with E-state index in [0.717, 1.165) is 0 Å². The Balaban J connectivity index is 1.82. The molecule has 108 valence electrons. The zero-order valence-electron chi connectivity index (χ0n) is 12.2. The van der Waals surface area contributed by atoms with Gasteiger partial charge in [0.15, 0.2) is 0 Å². The molecule has 0 aliphatic heterocycles. The van der Waals surface area contributed by atoms with Gasteiger partial charge in [-0.3, -0.25) is 4.79 Å². The van der Waals surface area contributed by atoms with Crippen LogP contribution in [0.15, 0.2) is 18.2 Å². The number of fused-ring (bicyclic) bond motifs is 2. The van der Waals surface area contributed by atoms with E-state index >= 15 is 0 Å². The van der Waals surface area contributed by atoms with Crippen LogP contribution >= 0.6 is 11.6 Å². The number of rotatable bonds is 2. The fourth-order valence-electron chi connectivity index (χ4n) is 4.40. The summed E-state index contributed by atoms with van der Waals surface area (Å²) in [4.78, 5) is 16.5. The van der Waals surface area contributed by atoms with Gasteiger partial charge < -0.3 is 5.32 Å². The van der Waals surface area contributed by atoms with Gasteiger partial charge in [-0.1, -0.05) is 38.4 Å². The summed E-state index contributed by atoms with van der Waals surface area (Å²) >= 11 is 5.86. The number of amides is 1. The van der Waals surface area contributed by atoms with Crippen LogP contribution in [0.3, 0.4) is 0 Å². The largest absolute Gasteiger partial charge is 0.347 e. The molecule has 3 unspecified atom stereocenters. The van der Waals surface area contributed by atoms with Crippen LogP contribution in [0.2, 0.25) is 5.15 Å². The zero-order chi connectivity index (χ0) is 14.5. The SMILES string of the molecule is CC12CCC(C1)C(C)(C)C2NC(=O)c1cccc(Cl)n1. The maximum Gasteiger partial charge on any atom is 0.270 e. The Bertz CT molecular complexity index is 552. The van der Waals surface area contributed by atoms with Gasteiger partial charge in [0.1, 0.15) is 10.8 Å². The maximum atomic E-state index is 12.4. The molecule has 2 bridgehead atoms. The van der Waals surface area contributed by atoms with Crippen molar-refractivity contribution in [2.45, 2.75) is 46.1 Å². The van der Waals surface area contributed by atoms with Crippen LogP contribution < -0.4 is 5.32 Å². The first-order valence-corrected chi connectivity index (χ1v) is 7.64. The van der Waals surface area contributed by atoms with Crippen LogP contribution in [-0.4, -0.2) is 16.9 Å². The van der Waals surface area contributed by atoms with Gasteiger partial charge in [-0.2, -0.15) is 0 Å². The topological polar surface area (TPSA) is 42.0 Å². The molecular weight excluding hydrogens is 272 g/mol. The number of nitrogens with zero attached hydrogens (tertiary/aromatic N) is 1. The van der Waals surface area contributed by atoms with Crippen molar-refractivity contribution in [2.75, 3.05) is 0 Å². The highest BCUT2D eigenvalue weighted by molar-refractivity contribution is 6.29. The van der Waals surface area contributed by atoms with E-state index in [1.54, 1.807) is 18.2 Å². The Hall–Kier alpha value is -1.09. The van der Waals surface area contributed by atoms with Crippen molar-refractivity contribution >= 4 is 17.5 Å². The van der Waals surface area contributed by atoms with Crippen LogP contribution in [0, 0.1) is 16.7 Å². The molecule has 3 atom stereocenters. The Morgan fingerprint density at radius 1 is 1.40 bits per heavy atom. The van der Waals surface area contributed by atoms with Gasteiger partial charge in [0.2, 0.25) is 0 Å². The molecule has 0 spiro atoms. The number of aromatic nitrogens is 1. The summed E-state index contributed by atoms with van der Waals surface area (Å²) in [5, 5.41) is 3.58. The molecule has 2 aliphatic carbocycles. The average Bonchev–Trinajstić information content (AvgIpc) is 2.85. The number of hydrogen-bond donors (Lipinski definition) is 1. The first-order valence-electron chi connectivity index (χ1n) is 7.26. The van der Waals surface area contributed by atoms with E-state index in [2.05, 4.69) is 31.1 Å². The van der Waals surface area contributed by atoms with Gasteiger partial charge in [0.05, 0.1) is 0 Å². The van der Waals surface area contributed by atoms with E-state index in [0.29, 0.717) is 16.8 Å². The van der Waals surface area contributed by atoms with E-state index in [4.69, 9.17) is 11.6 Å². The van der Waals surface area contributed by atoms with Gasteiger partial charge in [-0.25, -0.2) is 4.98 Å². The summed E-state index contributed by atoms with van der Waals surface area (Å²) in [5.41, 5.74) is 0.781. The third-order valence-electron chi connectivity index (χ3n) is 5.49. The van der Waals surface area contributed by atoms with E-state index < -0.39 is 0 Å². The van der Waals surface area contributed by atoms with Crippen molar-refractivity contribution in [3.05, 3.63) is 29.0 Å². The van der Waals surface area contributed by atoms with Gasteiger partial charge in [-0.05, 0) is 48.1 Å². The molecule has 2 saturated carbocycles. The molecule has 1 heterocycles. The first-order chi connectivity index (χ1) is 9.33. The second-order valence-electron chi connectivity index (χ2n) is 7.17. The Morgan fingerprint density at radius 2 is 2.15 bits per heavy atom. The minimum absolute atomic E-state index is 0.112. The molecule has 0 radical (unpaired) electrons. The zero-order valence-corrected chi connectivity index (χ0v) is 13.0. The number of nitrogens with one attached hydrogen (secondary N) is 1. The molecule has 2 aliphatic rings. The van der Waals surface area contributed by atoms with Crippen molar-refractivity contribution in [3.8, 4) is 0 Å². The van der Waals surface area contributed by atoms with E-state index in [1.165, 1.54) is 19.3 Å². The minimum atomic E-state index is -0.112. The standard InChI is InChI=1S/C16H21ClN2O/c1-15(2)10-7-8-16(3,9-10)14(15)19-13(20)11-5-4-6-12(17)18-11/h4-6,10,14H,7-9H2,1-3H3,(H,19,20). The second-order valence-corrected chi connectivity index (χ2v) is 7.55. The first kappa shape index (κ1) is 13.9. The number of carbonyl (C=O) groups is 1. The van der Waals surface area contributed by atoms with Gasteiger partial charge >= 0.3 is 0 Å². The molecule has 2 fully saturated rings. The molecule has 3 nitrogen and oxygen atoms in total. The van der Waals surface area contributed by atoms with Crippen molar-refractivity contribution in [1.82, 2.24) is 10.3 Å².